The minimum atomic E-state index is 0.458. The Kier molecular flexibility index (Phi) is 3.61. The number of nitrogens with two attached hydrogens (primary N) is 1. The second kappa shape index (κ2) is 4.97. The predicted molar refractivity (Wildman–Crippen MR) is 68.8 cm³/mol. The molecule has 1 fully saturated rings. The lowest BCUT2D eigenvalue weighted by atomic mass is 10.00. The smallest absolute Gasteiger partial charge is 0.0967 e. The standard InChI is InChI=1S/C12H19N3S/c1-9-7-12(14)15(11(9)4-5-13)8-10-3-2-6-16-10/h2-3,6,9,11,14H,4-5,7-8,13H2,1H3. The molecule has 1 aromatic heterocycles. The SMILES string of the molecule is CC1CC(=N)N(Cc2cccs2)C1CCN. The molecule has 3 N–H and O–H groups in total. The van der Waals surface area contributed by atoms with Gasteiger partial charge in [-0.25, -0.2) is 0 Å². The fourth-order valence-corrected chi connectivity index (χ4v) is 3.16. The summed E-state index contributed by atoms with van der Waals surface area (Å²) in [5, 5.41) is 10.1. The zero-order valence-electron chi connectivity index (χ0n) is 9.65. The lowest BCUT2D eigenvalue weighted by molar-refractivity contribution is 0.270. The molecular weight excluding hydrogens is 218 g/mol. The highest BCUT2D eigenvalue weighted by Gasteiger charge is 2.33. The molecule has 3 nitrogen and oxygen atoms in total. The Labute approximate surface area is 101 Å². The number of hydrogen-bond donors (Lipinski definition) is 2. The molecule has 4 heteroatoms. The van der Waals surface area contributed by atoms with Crippen LogP contribution in [0.3, 0.4) is 0 Å². The monoisotopic (exact) mass is 237 g/mol. The Hall–Kier alpha value is -0.870. The first kappa shape index (κ1) is 11.6. The van der Waals surface area contributed by atoms with E-state index in [4.69, 9.17) is 11.1 Å². The Morgan fingerprint density at radius 1 is 1.62 bits per heavy atom. The molecule has 1 aliphatic heterocycles. The van der Waals surface area contributed by atoms with E-state index in [0.717, 1.165) is 25.2 Å². The van der Waals surface area contributed by atoms with Gasteiger partial charge < -0.3 is 10.6 Å². The third-order valence-electron chi connectivity index (χ3n) is 3.29. The van der Waals surface area contributed by atoms with Gasteiger partial charge in [0, 0.05) is 17.3 Å². The van der Waals surface area contributed by atoms with Gasteiger partial charge in [-0.2, -0.15) is 0 Å². The highest BCUT2D eigenvalue weighted by molar-refractivity contribution is 7.09. The summed E-state index contributed by atoms with van der Waals surface area (Å²) in [7, 11) is 0. The molecule has 0 amide bonds. The van der Waals surface area contributed by atoms with Gasteiger partial charge in [-0.1, -0.05) is 13.0 Å². The number of hydrogen-bond acceptors (Lipinski definition) is 3. The Bertz CT molecular complexity index is 347. The maximum Gasteiger partial charge on any atom is 0.0967 e. The molecule has 0 saturated carbocycles. The molecule has 0 radical (unpaired) electrons. The normalized spacial score (nSPS) is 25.4. The number of amidine groups is 1. The van der Waals surface area contributed by atoms with Gasteiger partial charge in [-0.15, -0.1) is 11.3 Å². The van der Waals surface area contributed by atoms with Crippen molar-refractivity contribution in [1.82, 2.24) is 4.90 Å². The number of likely N-dealkylation sites (tertiary alicyclic amines) is 1. The van der Waals surface area contributed by atoms with Crippen LogP contribution in [-0.2, 0) is 6.54 Å². The summed E-state index contributed by atoms with van der Waals surface area (Å²) in [6, 6.07) is 4.67. The Morgan fingerprint density at radius 2 is 2.44 bits per heavy atom. The molecule has 1 aromatic rings. The van der Waals surface area contributed by atoms with Crippen molar-refractivity contribution < 1.29 is 0 Å². The Morgan fingerprint density at radius 3 is 3.06 bits per heavy atom. The van der Waals surface area contributed by atoms with Gasteiger partial charge in [0.25, 0.3) is 0 Å². The Balaban J connectivity index is 2.08. The molecule has 1 saturated heterocycles. The van der Waals surface area contributed by atoms with Crippen LogP contribution in [0.4, 0.5) is 0 Å². The summed E-state index contributed by atoms with van der Waals surface area (Å²) in [6.07, 6.45) is 1.89. The predicted octanol–water partition coefficient (Wildman–Crippen LogP) is 2.28. The minimum absolute atomic E-state index is 0.458. The second-order valence-electron chi connectivity index (χ2n) is 4.48. The first-order valence-corrected chi connectivity index (χ1v) is 6.67. The summed E-state index contributed by atoms with van der Waals surface area (Å²) in [5.74, 6) is 1.34. The first-order valence-electron chi connectivity index (χ1n) is 5.79. The molecule has 2 atom stereocenters. The molecule has 0 spiro atoms. The van der Waals surface area contributed by atoms with Crippen LogP contribution in [0.25, 0.3) is 0 Å². The average molecular weight is 237 g/mol. The molecule has 88 valence electrons. The quantitative estimate of drug-likeness (QED) is 0.844. The number of thiophene rings is 1. The summed E-state index contributed by atoms with van der Waals surface area (Å²) >= 11 is 1.76. The topological polar surface area (TPSA) is 53.1 Å². The van der Waals surface area contributed by atoms with Gasteiger partial charge in [0.2, 0.25) is 0 Å². The average Bonchev–Trinajstić information content (AvgIpc) is 2.82. The second-order valence-corrected chi connectivity index (χ2v) is 5.51. The summed E-state index contributed by atoms with van der Waals surface area (Å²) in [5.41, 5.74) is 5.66. The molecule has 0 bridgehead atoms. The molecule has 2 unspecified atom stereocenters. The van der Waals surface area contributed by atoms with E-state index >= 15 is 0 Å². The maximum absolute atomic E-state index is 8.04. The van der Waals surface area contributed by atoms with E-state index in [-0.39, 0.29) is 0 Å². The van der Waals surface area contributed by atoms with Crippen LogP contribution in [0.1, 0.15) is 24.6 Å². The van der Waals surface area contributed by atoms with Crippen LogP contribution in [0.2, 0.25) is 0 Å². The van der Waals surface area contributed by atoms with Gasteiger partial charge >= 0.3 is 0 Å². The van der Waals surface area contributed by atoms with Crippen molar-refractivity contribution in [3.63, 3.8) is 0 Å². The molecule has 0 aromatic carbocycles. The molecule has 2 rings (SSSR count). The van der Waals surface area contributed by atoms with Crippen molar-refractivity contribution in [2.24, 2.45) is 11.7 Å². The summed E-state index contributed by atoms with van der Waals surface area (Å²) in [4.78, 5) is 3.56. The van der Waals surface area contributed by atoms with Gasteiger partial charge in [0.1, 0.15) is 0 Å². The maximum atomic E-state index is 8.04. The molecule has 16 heavy (non-hydrogen) atoms. The van der Waals surface area contributed by atoms with Crippen LogP contribution in [0, 0.1) is 11.3 Å². The highest BCUT2D eigenvalue weighted by Crippen LogP contribution is 2.29. The van der Waals surface area contributed by atoms with E-state index in [9.17, 15) is 0 Å². The van der Waals surface area contributed by atoms with Crippen molar-refractivity contribution in [3.8, 4) is 0 Å². The van der Waals surface area contributed by atoms with E-state index < -0.39 is 0 Å². The van der Waals surface area contributed by atoms with E-state index in [1.165, 1.54) is 4.88 Å². The van der Waals surface area contributed by atoms with Crippen LogP contribution >= 0.6 is 11.3 Å². The molecule has 2 heterocycles. The molecular formula is C12H19N3S. The van der Waals surface area contributed by atoms with E-state index in [1.54, 1.807) is 11.3 Å². The van der Waals surface area contributed by atoms with E-state index in [2.05, 4.69) is 29.3 Å². The van der Waals surface area contributed by atoms with Crippen molar-refractivity contribution in [1.29, 1.82) is 5.41 Å². The summed E-state index contributed by atoms with van der Waals surface area (Å²) < 4.78 is 0. The van der Waals surface area contributed by atoms with Crippen molar-refractivity contribution in [3.05, 3.63) is 22.4 Å². The summed E-state index contributed by atoms with van der Waals surface area (Å²) in [6.45, 7) is 3.82. The number of rotatable bonds is 4. The first-order chi connectivity index (χ1) is 7.72. The zero-order chi connectivity index (χ0) is 11.5. The fourth-order valence-electron chi connectivity index (χ4n) is 2.46. The molecule has 0 aliphatic carbocycles. The van der Waals surface area contributed by atoms with Crippen molar-refractivity contribution in [2.75, 3.05) is 6.54 Å². The van der Waals surface area contributed by atoms with Crippen LogP contribution in [0.15, 0.2) is 17.5 Å². The molecule has 1 aliphatic rings. The van der Waals surface area contributed by atoms with E-state index in [0.29, 0.717) is 18.5 Å². The van der Waals surface area contributed by atoms with Gasteiger partial charge in [0.05, 0.1) is 12.4 Å². The third kappa shape index (κ3) is 2.28. The van der Waals surface area contributed by atoms with E-state index in [1.807, 2.05) is 0 Å². The fraction of sp³-hybridized carbons (Fsp3) is 0.583. The van der Waals surface area contributed by atoms with Crippen LogP contribution in [0.5, 0.6) is 0 Å². The third-order valence-corrected chi connectivity index (χ3v) is 4.15. The minimum Gasteiger partial charge on any atom is -0.352 e. The van der Waals surface area contributed by atoms with Crippen LogP contribution < -0.4 is 5.73 Å². The van der Waals surface area contributed by atoms with Crippen LogP contribution in [-0.4, -0.2) is 23.3 Å². The highest BCUT2D eigenvalue weighted by atomic mass is 32.1. The van der Waals surface area contributed by atoms with Crippen molar-refractivity contribution in [2.45, 2.75) is 32.4 Å². The zero-order valence-corrected chi connectivity index (χ0v) is 10.5. The van der Waals surface area contributed by atoms with Crippen molar-refractivity contribution >= 4 is 17.2 Å². The van der Waals surface area contributed by atoms with Gasteiger partial charge in [0.15, 0.2) is 0 Å². The number of nitrogens with zero attached hydrogens (tertiary/aromatic N) is 1. The largest absolute Gasteiger partial charge is 0.352 e. The van der Waals surface area contributed by atoms with Gasteiger partial charge in [-0.3, -0.25) is 5.41 Å². The van der Waals surface area contributed by atoms with Gasteiger partial charge in [-0.05, 0) is 30.3 Å². The lowest BCUT2D eigenvalue weighted by Gasteiger charge is -2.27. The number of nitrogens with one attached hydrogen (secondary N) is 1. The lowest BCUT2D eigenvalue weighted by Crippen LogP contribution is -2.35.